The van der Waals surface area contributed by atoms with Gasteiger partial charge in [0.05, 0.1) is 19.7 Å². The number of anilines is 2. The first-order valence-corrected chi connectivity index (χ1v) is 15.1. The van der Waals surface area contributed by atoms with Gasteiger partial charge in [-0.05, 0) is 52.4 Å². The second-order valence-corrected chi connectivity index (χ2v) is 10.1. The smallest absolute Gasteiger partial charge is 0.414 e. The molecule has 2 fully saturated rings. The fourth-order valence-corrected chi connectivity index (χ4v) is 4.18. The van der Waals surface area contributed by atoms with E-state index in [1.165, 1.54) is 17.4 Å². The van der Waals surface area contributed by atoms with Gasteiger partial charge >= 0.3 is 12.2 Å². The van der Waals surface area contributed by atoms with Gasteiger partial charge in [-0.3, -0.25) is 9.80 Å². The summed E-state index contributed by atoms with van der Waals surface area (Å²) in [5, 5.41) is 12.6. The predicted octanol–water partition coefficient (Wildman–Crippen LogP) is 7.38. The second kappa shape index (κ2) is 17.8. The zero-order valence-corrected chi connectivity index (χ0v) is 26.6. The summed E-state index contributed by atoms with van der Waals surface area (Å²) in [7, 11) is 0. The lowest BCUT2D eigenvalue weighted by molar-refractivity contribution is 0.0963. The Morgan fingerprint density at radius 2 is 1.21 bits per heavy atom. The minimum absolute atomic E-state index is 0.133. The van der Waals surface area contributed by atoms with Crippen molar-refractivity contribution in [2.75, 3.05) is 36.1 Å². The van der Waals surface area contributed by atoms with Crippen LogP contribution in [0.2, 0.25) is 0 Å². The molecule has 5 rings (SSSR count). The van der Waals surface area contributed by atoms with E-state index in [1.54, 1.807) is 15.9 Å². The Morgan fingerprint density at radius 1 is 0.767 bits per heavy atom. The van der Waals surface area contributed by atoms with E-state index in [1.807, 2.05) is 76.2 Å². The highest BCUT2D eigenvalue weighted by atomic mass is 16.6. The van der Waals surface area contributed by atoms with Gasteiger partial charge in [0, 0.05) is 17.4 Å². The van der Waals surface area contributed by atoms with Gasteiger partial charge in [-0.2, -0.15) is 0 Å². The van der Waals surface area contributed by atoms with Crippen LogP contribution < -0.4 is 14.5 Å². The molecular formula is C33H47N3O7. The maximum absolute atomic E-state index is 12.0. The summed E-state index contributed by atoms with van der Waals surface area (Å²) >= 11 is 0. The van der Waals surface area contributed by atoms with E-state index in [4.69, 9.17) is 19.3 Å². The van der Waals surface area contributed by atoms with Crippen LogP contribution in [0.4, 0.5) is 21.0 Å². The molecule has 2 unspecified atom stereocenters. The molecule has 2 aliphatic heterocycles. The summed E-state index contributed by atoms with van der Waals surface area (Å²) in [5.74, 6) is 1.32. The second-order valence-electron chi connectivity index (χ2n) is 10.1. The first kappa shape index (κ1) is 35.1. The molecule has 3 heterocycles. The van der Waals surface area contributed by atoms with Gasteiger partial charge in [-0.1, -0.05) is 79.7 Å². The van der Waals surface area contributed by atoms with Gasteiger partial charge in [0.15, 0.2) is 6.10 Å². The summed E-state index contributed by atoms with van der Waals surface area (Å²) in [4.78, 5) is 26.7. The lowest BCUT2D eigenvalue weighted by atomic mass is 10.0. The van der Waals surface area contributed by atoms with E-state index in [0.29, 0.717) is 30.8 Å². The average molecular weight is 598 g/mol. The number of hydrogen-bond acceptors (Lipinski definition) is 8. The summed E-state index contributed by atoms with van der Waals surface area (Å²) < 4.78 is 20.4. The maximum Gasteiger partial charge on any atom is 0.414 e. The lowest BCUT2D eigenvalue weighted by Gasteiger charge is -2.14. The van der Waals surface area contributed by atoms with E-state index in [9.17, 15) is 9.59 Å². The van der Waals surface area contributed by atoms with Crippen LogP contribution in [0.5, 0.6) is 5.88 Å². The number of carbonyl (C=O) groups excluding carboxylic acids is 2. The molecule has 2 saturated heterocycles. The van der Waals surface area contributed by atoms with E-state index in [2.05, 4.69) is 37.4 Å². The number of carbonyl (C=O) groups is 2. The van der Waals surface area contributed by atoms with Crippen LogP contribution in [-0.4, -0.2) is 61.0 Å². The highest BCUT2D eigenvalue weighted by molar-refractivity contribution is 5.90. The zero-order chi connectivity index (χ0) is 31.9. The molecule has 0 bridgehead atoms. The predicted molar refractivity (Wildman–Crippen MR) is 168 cm³/mol. The first-order valence-electron chi connectivity index (χ1n) is 15.1. The van der Waals surface area contributed by atoms with E-state index >= 15 is 0 Å². The molecule has 2 amide bonds. The number of aliphatic hydroxyl groups is 1. The number of aliphatic hydroxyl groups excluding tert-OH is 1. The maximum atomic E-state index is 12.0. The number of ether oxygens (including phenoxy) is 3. The fourth-order valence-electron chi connectivity index (χ4n) is 4.18. The van der Waals surface area contributed by atoms with Crippen LogP contribution in [-0.2, 0) is 9.47 Å². The molecule has 43 heavy (non-hydrogen) atoms. The van der Waals surface area contributed by atoms with Crippen molar-refractivity contribution in [3.63, 3.8) is 0 Å². The van der Waals surface area contributed by atoms with Crippen molar-refractivity contribution in [2.24, 2.45) is 0 Å². The summed E-state index contributed by atoms with van der Waals surface area (Å²) in [6.07, 6.45) is -0.0490. The largest absolute Gasteiger partial charge is 0.471 e. The molecule has 0 saturated carbocycles. The van der Waals surface area contributed by atoms with E-state index in [0.717, 1.165) is 11.4 Å². The van der Waals surface area contributed by atoms with Crippen LogP contribution in [0.25, 0.3) is 0 Å². The SMILES string of the molecule is CC.CC.CC(C)c1ccc(N2CC(CO)OC2=O)cc1.CC(C)c1ccc(N2CC(COc3ccon3)OC2=O)cc1. The molecule has 0 aliphatic carbocycles. The molecule has 2 aliphatic rings. The Kier molecular flexibility index (Phi) is 14.6. The minimum Gasteiger partial charge on any atom is -0.471 e. The number of amides is 2. The first-order chi connectivity index (χ1) is 20.7. The van der Waals surface area contributed by atoms with Gasteiger partial charge in [-0.25, -0.2) is 9.59 Å². The molecule has 2 aromatic carbocycles. The third kappa shape index (κ3) is 10.0. The fraction of sp³-hybridized carbons (Fsp3) is 0.485. The van der Waals surface area contributed by atoms with Crippen LogP contribution in [0, 0.1) is 0 Å². The molecule has 0 radical (unpaired) electrons. The molecule has 236 valence electrons. The average Bonchev–Trinajstić information content (AvgIpc) is 3.78. The van der Waals surface area contributed by atoms with Gasteiger partial charge in [0.2, 0.25) is 0 Å². The van der Waals surface area contributed by atoms with Crippen molar-refractivity contribution in [1.82, 2.24) is 5.16 Å². The Balaban J connectivity index is 0.000000276. The number of rotatable bonds is 8. The lowest BCUT2D eigenvalue weighted by Crippen LogP contribution is -2.26. The Hall–Kier alpha value is -4.05. The van der Waals surface area contributed by atoms with Crippen LogP contribution in [0.3, 0.4) is 0 Å². The number of benzene rings is 2. The van der Waals surface area contributed by atoms with Gasteiger partial charge < -0.3 is 23.8 Å². The third-order valence-corrected chi connectivity index (χ3v) is 6.53. The van der Waals surface area contributed by atoms with Crippen molar-refractivity contribution in [3.05, 3.63) is 72.0 Å². The van der Waals surface area contributed by atoms with Crippen molar-refractivity contribution < 1.29 is 33.4 Å². The van der Waals surface area contributed by atoms with Gasteiger partial charge in [0.25, 0.3) is 5.88 Å². The number of nitrogens with zero attached hydrogens (tertiary/aromatic N) is 3. The standard InChI is InChI=1S/C16H18N2O4.C13H17NO3.2C2H6/c1-11(2)12-3-5-13(6-4-12)18-9-14(22-16(18)19)10-20-15-7-8-21-17-15;1-9(2)10-3-5-11(6-4-10)14-7-12(8-15)17-13(14)16;2*1-2/h3-8,11,14H,9-10H2,1-2H3;3-6,9,12,15H,7-8H2,1-2H3;2*1-2H3. The monoisotopic (exact) mass is 597 g/mol. The van der Waals surface area contributed by atoms with Crippen molar-refractivity contribution >= 4 is 23.6 Å². The number of hydrogen-bond donors (Lipinski definition) is 1. The highest BCUT2D eigenvalue weighted by Gasteiger charge is 2.33. The Morgan fingerprint density at radius 3 is 1.58 bits per heavy atom. The molecule has 0 spiro atoms. The molecule has 1 aromatic heterocycles. The van der Waals surface area contributed by atoms with E-state index < -0.39 is 6.10 Å². The summed E-state index contributed by atoms with van der Waals surface area (Å²) in [6.45, 7) is 17.5. The topological polar surface area (TPSA) is 115 Å². The highest BCUT2D eigenvalue weighted by Crippen LogP contribution is 2.25. The molecule has 10 heteroatoms. The number of cyclic esters (lactones) is 2. The zero-order valence-electron chi connectivity index (χ0n) is 26.6. The van der Waals surface area contributed by atoms with Crippen molar-refractivity contribution in [3.8, 4) is 5.88 Å². The van der Waals surface area contributed by atoms with Crippen molar-refractivity contribution in [2.45, 2.75) is 79.4 Å². The van der Waals surface area contributed by atoms with Crippen LogP contribution in [0.15, 0.2) is 65.4 Å². The third-order valence-electron chi connectivity index (χ3n) is 6.53. The van der Waals surface area contributed by atoms with Crippen molar-refractivity contribution in [1.29, 1.82) is 0 Å². The summed E-state index contributed by atoms with van der Waals surface area (Å²) in [6, 6.07) is 17.4. The van der Waals surface area contributed by atoms with Gasteiger partial charge in [-0.15, -0.1) is 0 Å². The molecule has 3 aromatic rings. The van der Waals surface area contributed by atoms with E-state index in [-0.39, 0.29) is 31.5 Å². The minimum atomic E-state index is -0.410. The molecule has 1 N–H and O–H groups in total. The molecule has 2 atom stereocenters. The quantitative estimate of drug-likeness (QED) is 0.286. The van der Waals surface area contributed by atoms with Crippen LogP contribution in [0.1, 0.15) is 78.4 Å². The summed E-state index contributed by atoms with van der Waals surface area (Å²) in [5.41, 5.74) is 4.12. The normalized spacial score (nSPS) is 17.3. The molecular weight excluding hydrogens is 550 g/mol. The number of aromatic nitrogens is 1. The Bertz CT molecular complexity index is 1210. The van der Waals surface area contributed by atoms with Gasteiger partial charge in [0.1, 0.15) is 19.0 Å². The van der Waals surface area contributed by atoms with Crippen LogP contribution >= 0.6 is 0 Å². The Labute approximate surface area is 255 Å². The molecule has 10 nitrogen and oxygen atoms in total.